The van der Waals surface area contributed by atoms with Crippen LogP contribution in [0.15, 0.2) is 73.7 Å². The lowest BCUT2D eigenvalue weighted by Crippen LogP contribution is -2.33. The van der Waals surface area contributed by atoms with E-state index in [0.717, 1.165) is 27.6 Å². The van der Waals surface area contributed by atoms with E-state index < -0.39 is 12.0 Å². The molecule has 0 saturated heterocycles. The molecule has 3 N–H and O–H groups in total. The normalized spacial score (nSPS) is 11.8. The maximum atomic E-state index is 12.5. The lowest BCUT2D eigenvalue weighted by atomic mass is 10.0. The zero-order valence-corrected chi connectivity index (χ0v) is 21.7. The van der Waals surface area contributed by atoms with Gasteiger partial charge in [0, 0.05) is 46.9 Å². The Morgan fingerprint density at radius 1 is 1.13 bits per heavy atom. The van der Waals surface area contributed by atoms with Gasteiger partial charge in [-0.05, 0) is 53.8 Å². The molecule has 0 bridgehead atoms. The van der Waals surface area contributed by atoms with E-state index in [2.05, 4.69) is 16.9 Å². The van der Waals surface area contributed by atoms with Gasteiger partial charge in [-0.2, -0.15) is 0 Å². The molecule has 0 aliphatic heterocycles. The molecule has 0 fully saturated rings. The number of carbonyl (C=O) groups is 2. The predicted octanol–water partition coefficient (Wildman–Crippen LogP) is 4.77. The predicted molar refractivity (Wildman–Crippen MR) is 147 cm³/mol. The van der Waals surface area contributed by atoms with Gasteiger partial charge in [-0.3, -0.25) is 14.2 Å². The summed E-state index contributed by atoms with van der Waals surface area (Å²) in [5, 5.41) is 3.63. The van der Waals surface area contributed by atoms with Crippen molar-refractivity contribution >= 4 is 28.6 Å². The van der Waals surface area contributed by atoms with Crippen LogP contribution in [0.4, 0.5) is 5.69 Å². The molecule has 0 aliphatic carbocycles. The molecular formula is C29H31N5O4. The number of fused-ring (bicyclic) bond motifs is 1. The number of hydrogen-bond donors (Lipinski definition) is 2. The number of carbonyl (C=O) groups excluding carboxylic acids is 2. The van der Waals surface area contributed by atoms with E-state index in [9.17, 15) is 9.59 Å². The van der Waals surface area contributed by atoms with Crippen LogP contribution in [0.3, 0.4) is 0 Å². The fraction of sp³-hybridized carbons (Fsp3) is 0.241. The van der Waals surface area contributed by atoms with Crippen molar-refractivity contribution < 1.29 is 19.1 Å². The van der Waals surface area contributed by atoms with Crippen LogP contribution in [-0.4, -0.2) is 39.6 Å². The molecule has 1 amide bonds. The lowest BCUT2D eigenvalue weighted by molar-refractivity contribution is -0.149. The number of aromatic nitrogens is 3. The van der Waals surface area contributed by atoms with Crippen molar-refractivity contribution in [1.29, 1.82) is 0 Å². The van der Waals surface area contributed by atoms with E-state index in [1.807, 2.05) is 56.4 Å². The highest BCUT2D eigenvalue weighted by molar-refractivity contribution is 6.00. The summed E-state index contributed by atoms with van der Waals surface area (Å²) in [5.41, 5.74) is 10.8. The average Bonchev–Trinajstić information content (AvgIpc) is 3.29. The Bertz CT molecular complexity index is 1480. The lowest BCUT2D eigenvalue weighted by Gasteiger charge is -2.14. The summed E-state index contributed by atoms with van der Waals surface area (Å²) >= 11 is 0. The summed E-state index contributed by atoms with van der Waals surface area (Å²) in [6, 6.07) is 12.5. The zero-order valence-electron chi connectivity index (χ0n) is 21.7. The molecule has 0 aliphatic rings. The summed E-state index contributed by atoms with van der Waals surface area (Å²) in [7, 11) is 1.56. The highest BCUT2D eigenvalue weighted by Crippen LogP contribution is 2.34. The molecule has 0 unspecified atom stereocenters. The van der Waals surface area contributed by atoms with Crippen molar-refractivity contribution in [2.45, 2.75) is 33.0 Å². The first-order chi connectivity index (χ1) is 18.3. The number of pyridine rings is 2. The molecule has 1 atom stereocenters. The van der Waals surface area contributed by atoms with Crippen LogP contribution in [0.5, 0.6) is 5.88 Å². The second-order valence-electron chi connectivity index (χ2n) is 9.30. The van der Waals surface area contributed by atoms with Gasteiger partial charge in [0.1, 0.15) is 11.7 Å². The molecule has 0 radical (unpaired) electrons. The number of amides is 1. The quantitative estimate of drug-likeness (QED) is 0.231. The minimum atomic E-state index is -0.686. The van der Waals surface area contributed by atoms with Crippen LogP contribution in [0.25, 0.3) is 33.3 Å². The number of ether oxygens (including phenoxy) is 2. The minimum Gasteiger partial charge on any atom is -0.481 e. The van der Waals surface area contributed by atoms with Crippen LogP contribution < -0.4 is 15.8 Å². The molecule has 38 heavy (non-hydrogen) atoms. The maximum Gasteiger partial charge on any atom is 0.324 e. The number of anilines is 1. The third-order valence-corrected chi connectivity index (χ3v) is 5.99. The number of nitrogens with one attached hydrogen (secondary N) is 1. The first-order valence-electron chi connectivity index (χ1n) is 12.2. The number of hydrogen-bond acceptors (Lipinski definition) is 7. The SMILES string of the molecule is C=CC(=O)Nc1cccc(-c2cnc3c(c2)c(-c2ccnc(OC)c2)cn3COC(=O)[C@@H](N)CC(C)C)c1. The second kappa shape index (κ2) is 11.7. The molecule has 4 aromatic rings. The van der Waals surface area contributed by atoms with Crippen LogP contribution in [0, 0.1) is 5.92 Å². The van der Waals surface area contributed by atoms with Gasteiger partial charge >= 0.3 is 5.97 Å². The van der Waals surface area contributed by atoms with Crippen molar-refractivity contribution in [2.24, 2.45) is 11.7 Å². The zero-order chi connectivity index (χ0) is 27.2. The molecule has 196 valence electrons. The summed E-state index contributed by atoms with van der Waals surface area (Å²) in [6.45, 7) is 7.48. The highest BCUT2D eigenvalue weighted by atomic mass is 16.5. The molecule has 3 aromatic heterocycles. The monoisotopic (exact) mass is 513 g/mol. The topological polar surface area (TPSA) is 121 Å². The number of nitrogens with zero attached hydrogens (tertiary/aromatic N) is 3. The summed E-state index contributed by atoms with van der Waals surface area (Å²) < 4.78 is 12.6. The summed E-state index contributed by atoms with van der Waals surface area (Å²) in [6.07, 6.45) is 7.07. The number of esters is 1. The van der Waals surface area contributed by atoms with Crippen LogP contribution >= 0.6 is 0 Å². The molecule has 9 nitrogen and oxygen atoms in total. The molecule has 3 heterocycles. The first-order valence-corrected chi connectivity index (χ1v) is 12.2. The van der Waals surface area contributed by atoms with Crippen LogP contribution in [0.1, 0.15) is 20.3 Å². The fourth-order valence-corrected chi connectivity index (χ4v) is 4.16. The van der Waals surface area contributed by atoms with E-state index in [0.29, 0.717) is 23.6 Å². The Labute approximate surface area is 221 Å². The van der Waals surface area contributed by atoms with Crippen LogP contribution in [0.2, 0.25) is 0 Å². The maximum absolute atomic E-state index is 12.5. The summed E-state index contributed by atoms with van der Waals surface area (Å²) in [5.74, 6) is 0.0123. The third kappa shape index (κ3) is 6.07. The van der Waals surface area contributed by atoms with Crippen molar-refractivity contribution in [3.8, 4) is 28.1 Å². The fourth-order valence-electron chi connectivity index (χ4n) is 4.16. The average molecular weight is 514 g/mol. The Morgan fingerprint density at radius 3 is 2.68 bits per heavy atom. The van der Waals surface area contributed by atoms with Crippen LogP contribution in [-0.2, 0) is 21.1 Å². The van der Waals surface area contributed by atoms with Crippen molar-refractivity contribution in [1.82, 2.24) is 14.5 Å². The van der Waals surface area contributed by atoms with Gasteiger partial charge in [0.25, 0.3) is 0 Å². The molecule has 0 spiro atoms. The second-order valence-corrected chi connectivity index (χ2v) is 9.30. The number of benzene rings is 1. The first kappa shape index (κ1) is 26.6. The van der Waals surface area contributed by atoms with Gasteiger partial charge in [0.05, 0.1) is 7.11 Å². The molecule has 9 heteroatoms. The molecule has 0 saturated carbocycles. The molecular weight excluding hydrogens is 482 g/mol. The van der Waals surface area contributed by atoms with Crippen molar-refractivity contribution in [2.75, 3.05) is 12.4 Å². The van der Waals surface area contributed by atoms with Gasteiger partial charge in [-0.15, -0.1) is 0 Å². The Balaban J connectivity index is 1.74. The van der Waals surface area contributed by atoms with Gasteiger partial charge in [0.15, 0.2) is 6.73 Å². The minimum absolute atomic E-state index is 0.0290. The number of methoxy groups -OCH3 is 1. The Morgan fingerprint density at radius 2 is 1.95 bits per heavy atom. The van der Waals surface area contributed by atoms with E-state index in [4.69, 9.17) is 20.2 Å². The number of nitrogens with two attached hydrogens (primary N) is 1. The molecule has 4 rings (SSSR count). The number of rotatable bonds is 10. The van der Waals surface area contributed by atoms with E-state index >= 15 is 0 Å². The highest BCUT2D eigenvalue weighted by Gasteiger charge is 2.19. The Hall–Kier alpha value is -4.50. The van der Waals surface area contributed by atoms with Gasteiger partial charge in [0.2, 0.25) is 11.8 Å². The van der Waals surface area contributed by atoms with Crippen molar-refractivity contribution in [3.63, 3.8) is 0 Å². The molecule has 1 aromatic carbocycles. The Kier molecular flexibility index (Phi) is 8.18. The van der Waals surface area contributed by atoms with E-state index in [1.54, 1.807) is 30.1 Å². The summed E-state index contributed by atoms with van der Waals surface area (Å²) in [4.78, 5) is 33.2. The third-order valence-electron chi connectivity index (χ3n) is 5.99. The standard InChI is InChI=1S/C29H31N5O4/c1-5-26(35)33-22-8-6-7-19(12-22)21-13-23-24(20-9-10-31-27(14-20)37-4)16-34(28(23)32-15-21)17-38-29(36)25(30)11-18(2)3/h5-10,12-16,18,25H,1,11,17,30H2,2-4H3,(H,33,35)/t25-/m0/s1. The van der Waals surface area contributed by atoms with E-state index in [1.165, 1.54) is 6.08 Å². The largest absolute Gasteiger partial charge is 0.481 e. The smallest absolute Gasteiger partial charge is 0.324 e. The van der Waals surface area contributed by atoms with Crippen molar-refractivity contribution in [3.05, 3.63) is 73.7 Å². The van der Waals surface area contributed by atoms with Gasteiger partial charge in [-0.25, -0.2) is 9.97 Å². The van der Waals surface area contributed by atoms with Gasteiger partial charge in [-0.1, -0.05) is 32.6 Å². The van der Waals surface area contributed by atoms with E-state index in [-0.39, 0.29) is 18.6 Å². The van der Waals surface area contributed by atoms with Gasteiger partial charge < -0.3 is 20.5 Å².